The van der Waals surface area contributed by atoms with Crippen LogP contribution in [0.4, 0.5) is 0 Å². The van der Waals surface area contributed by atoms with Crippen LogP contribution in [0.3, 0.4) is 0 Å². The van der Waals surface area contributed by atoms with Gasteiger partial charge in [-0.2, -0.15) is 0 Å². The number of benzene rings is 2. The molecule has 0 heterocycles. The second-order valence-electron chi connectivity index (χ2n) is 8.10. The van der Waals surface area contributed by atoms with Gasteiger partial charge in [0.25, 0.3) is 5.91 Å². The van der Waals surface area contributed by atoms with Crippen LogP contribution in [-0.2, 0) is 16.1 Å². The highest BCUT2D eigenvalue weighted by atomic mass is 16.5. The first-order valence-corrected chi connectivity index (χ1v) is 11.3. The van der Waals surface area contributed by atoms with Gasteiger partial charge in [-0.1, -0.05) is 52.0 Å². The molecule has 0 saturated carbocycles. The molecule has 0 bridgehead atoms. The number of hydrogen-bond acceptors (Lipinski definition) is 4. The van der Waals surface area contributed by atoms with Crippen molar-refractivity contribution in [1.29, 1.82) is 0 Å². The Balaban J connectivity index is 2.18. The smallest absolute Gasteiger partial charge is 0.261 e. The summed E-state index contributed by atoms with van der Waals surface area (Å²) in [6, 6.07) is 14.7. The van der Waals surface area contributed by atoms with E-state index in [1.807, 2.05) is 62.4 Å². The van der Waals surface area contributed by atoms with Crippen molar-refractivity contribution >= 4 is 11.8 Å². The third-order valence-corrected chi connectivity index (χ3v) is 5.33. The number of nitrogens with one attached hydrogen (secondary N) is 1. The summed E-state index contributed by atoms with van der Waals surface area (Å²) in [7, 11) is 1.60. The molecule has 0 aliphatic heterocycles. The maximum absolute atomic E-state index is 13.2. The van der Waals surface area contributed by atoms with Crippen molar-refractivity contribution in [2.45, 2.75) is 59.0 Å². The van der Waals surface area contributed by atoms with Gasteiger partial charge >= 0.3 is 0 Å². The summed E-state index contributed by atoms with van der Waals surface area (Å²) in [6.45, 7) is 8.91. The Morgan fingerprint density at radius 3 is 2.34 bits per heavy atom. The Morgan fingerprint density at radius 2 is 1.75 bits per heavy atom. The number of carbonyl (C=O) groups is 2. The zero-order valence-corrected chi connectivity index (χ0v) is 19.9. The van der Waals surface area contributed by atoms with Gasteiger partial charge in [0.2, 0.25) is 5.91 Å². The molecule has 2 rings (SSSR count). The highest BCUT2D eigenvalue weighted by Gasteiger charge is 2.28. The summed E-state index contributed by atoms with van der Waals surface area (Å²) >= 11 is 0. The number of methoxy groups -OCH3 is 1. The van der Waals surface area contributed by atoms with Crippen LogP contribution in [0.15, 0.2) is 48.5 Å². The van der Waals surface area contributed by atoms with E-state index < -0.39 is 6.04 Å². The summed E-state index contributed by atoms with van der Waals surface area (Å²) in [6.07, 6.45) is 1.34. The predicted molar refractivity (Wildman–Crippen MR) is 127 cm³/mol. The zero-order chi connectivity index (χ0) is 23.5. The molecule has 6 heteroatoms. The van der Waals surface area contributed by atoms with Crippen LogP contribution in [0.25, 0.3) is 0 Å². The lowest BCUT2D eigenvalue weighted by Crippen LogP contribution is -2.50. The average Bonchev–Trinajstić information content (AvgIpc) is 2.81. The molecule has 6 nitrogen and oxygen atoms in total. The molecule has 2 amide bonds. The molecule has 0 aromatic heterocycles. The Bertz CT molecular complexity index is 864. The summed E-state index contributed by atoms with van der Waals surface area (Å²) in [4.78, 5) is 27.6. The van der Waals surface area contributed by atoms with Gasteiger partial charge < -0.3 is 19.7 Å². The first kappa shape index (κ1) is 25.2. The van der Waals surface area contributed by atoms with Crippen molar-refractivity contribution in [3.8, 4) is 11.5 Å². The van der Waals surface area contributed by atoms with Crippen molar-refractivity contribution in [2.75, 3.05) is 20.3 Å². The molecule has 174 valence electrons. The van der Waals surface area contributed by atoms with Crippen LogP contribution in [0.5, 0.6) is 11.5 Å². The molecule has 0 unspecified atom stereocenters. The van der Waals surface area contributed by atoms with Crippen molar-refractivity contribution < 1.29 is 19.1 Å². The van der Waals surface area contributed by atoms with Crippen LogP contribution >= 0.6 is 0 Å². The number of carbonyl (C=O) groups excluding carboxylic acids is 2. The summed E-state index contributed by atoms with van der Waals surface area (Å²) in [5.41, 5.74) is 2.10. The van der Waals surface area contributed by atoms with Gasteiger partial charge in [0.15, 0.2) is 6.61 Å². The largest absolute Gasteiger partial charge is 0.497 e. The SMILES string of the molecule is CCCNC(=O)[C@@H](CC)N(Cc1cccc(OC)c1)C(=O)COc1ccc(C(C)C)cc1. The van der Waals surface area contributed by atoms with E-state index in [0.717, 1.165) is 12.0 Å². The quantitative estimate of drug-likeness (QED) is 0.526. The molecule has 1 atom stereocenters. The van der Waals surface area contributed by atoms with E-state index in [1.54, 1.807) is 12.0 Å². The topological polar surface area (TPSA) is 67.9 Å². The molecule has 0 aliphatic rings. The standard InChI is InChI=1S/C26H36N2O4/c1-6-15-27-26(30)24(7-2)28(17-20-9-8-10-23(16-20)31-5)25(29)18-32-22-13-11-21(12-14-22)19(3)4/h8-14,16,19,24H,6-7,15,17-18H2,1-5H3,(H,27,30)/t24-/m1/s1. The number of nitrogens with zero attached hydrogens (tertiary/aromatic N) is 1. The first-order chi connectivity index (χ1) is 15.4. The van der Waals surface area contributed by atoms with Crippen LogP contribution in [0.2, 0.25) is 0 Å². The summed E-state index contributed by atoms with van der Waals surface area (Å²) < 4.78 is 11.1. The molecular formula is C26H36N2O4. The van der Waals surface area contributed by atoms with E-state index in [4.69, 9.17) is 9.47 Å². The molecule has 0 radical (unpaired) electrons. The second-order valence-corrected chi connectivity index (χ2v) is 8.10. The minimum Gasteiger partial charge on any atom is -0.497 e. The Kier molecular flexibility index (Phi) is 10.1. The second kappa shape index (κ2) is 12.7. The predicted octanol–water partition coefficient (Wildman–Crippen LogP) is 4.53. The fourth-order valence-electron chi connectivity index (χ4n) is 3.43. The Hall–Kier alpha value is -3.02. The minimum absolute atomic E-state index is 0.136. The van der Waals surface area contributed by atoms with Gasteiger partial charge in [-0.15, -0.1) is 0 Å². The minimum atomic E-state index is -0.577. The lowest BCUT2D eigenvalue weighted by atomic mass is 10.0. The Morgan fingerprint density at radius 1 is 1.03 bits per heavy atom. The number of ether oxygens (including phenoxy) is 2. The summed E-state index contributed by atoms with van der Waals surface area (Å²) in [5, 5.41) is 2.92. The van der Waals surface area contributed by atoms with E-state index in [9.17, 15) is 9.59 Å². The maximum Gasteiger partial charge on any atom is 0.261 e. The zero-order valence-electron chi connectivity index (χ0n) is 19.9. The number of hydrogen-bond donors (Lipinski definition) is 1. The van der Waals surface area contributed by atoms with Crippen LogP contribution in [-0.4, -0.2) is 43.0 Å². The van der Waals surface area contributed by atoms with E-state index in [2.05, 4.69) is 19.2 Å². The fraction of sp³-hybridized carbons (Fsp3) is 0.462. The maximum atomic E-state index is 13.2. The molecule has 2 aromatic rings. The van der Waals surface area contributed by atoms with E-state index in [-0.39, 0.29) is 18.4 Å². The first-order valence-electron chi connectivity index (χ1n) is 11.3. The molecule has 0 saturated heterocycles. The molecule has 0 aliphatic carbocycles. The van der Waals surface area contributed by atoms with Crippen LogP contribution < -0.4 is 14.8 Å². The highest BCUT2D eigenvalue weighted by molar-refractivity contribution is 5.88. The van der Waals surface area contributed by atoms with Gasteiger partial charge in [-0.05, 0) is 54.2 Å². The monoisotopic (exact) mass is 440 g/mol. The van der Waals surface area contributed by atoms with Crippen molar-refractivity contribution in [3.05, 3.63) is 59.7 Å². The Labute approximate surface area is 191 Å². The van der Waals surface area contributed by atoms with E-state index in [1.165, 1.54) is 5.56 Å². The lowest BCUT2D eigenvalue weighted by Gasteiger charge is -2.30. The van der Waals surface area contributed by atoms with Gasteiger partial charge in [-0.3, -0.25) is 9.59 Å². The number of amides is 2. The molecule has 1 N–H and O–H groups in total. The van der Waals surface area contributed by atoms with Gasteiger partial charge in [-0.25, -0.2) is 0 Å². The number of rotatable bonds is 12. The molecule has 32 heavy (non-hydrogen) atoms. The highest BCUT2D eigenvalue weighted by Crippen LogP contribution is 2.20. The summed E-state index contributed by atoms with van der Waals surface area (Å²) in [5.74, 6) is 1.38. The third-order valence-electron chi connectivity index (χ3n) is 5.33. The van der Waals surface area contributed by atoms with E-state index in [0.29, 0.717) is 36.9 Å². The van der Waals surface area contributed by atoms with Crippen LogP contribution in [0.1, 0.15) is 57.6 Å². The molecule has 0 fully saturated rings. The average molecular weight is 441 g/mol. The van der Waals surface area contributed by atoms with Gasteiger partial charge in [0, 0.05) is 13.1 Å². The normalized spacial score (nSPS) is 11.7. The van der Waals surface area contributed by atoms with Gasteiger partial charge in [0.05, 0.1) is 7.11 Å². The van der Waals surface area contributed by atoms with E-state index >= 15 is 0 Å². The lowest BCUT2D eigenvalue weighted by molar-refractivity contribution is -0.143. The fourth-order valence-corrected chi connectivity index (χ4v) is 3.43. The van der Waals surface area contributed by atoms with Gasteiger partial charge in [0.1, 0.15) is 17.5 Å². The van der Waals surface area contributed by atoms with Crippen molar-refractivity contribution in [3.63, 3.8) is 0 Å². The van der Waals surface area contributed by atoms with Crippen LogP contribution in [0, 0.1) is 0 Å². The molecular weight excluding hydrogens is 404 g/mol. The van der Waals surface area contributed by atoms with Crippen molar-refractivity contribution in [1.82, 2.24) is 10.2 Å². The molecule has 0 spiro atoms. The molecule has 2 aromatic carbocycles. The van der Waals surface area contributed by atoms with Crippen molar-refractivity contribution in [2.24, 2.45) is 0 Å². The third kappa shape index (κ3) is 7.29.